The normalized spacial score (nSPS) is 22.4. The molecule has 0 bridgehead atoms. The maximum atomic E-state index is 13.9. The van der Waals surface area contributed by atoms with Gasteiger partial charge in [0.15, 0.2) is 0 Å². The Morgan fingerprint density at radius 2 is 1.69 bits per heavy atom. The van der Waals surface area contributed by atoms with Crippen molar-refractivity contribution in [3.8, 4) is 0 Å². The molecule has 7 nitrogen and oxygen atoms in total. The Morgan fingerprint density at radius 3 is 2.33 bits per heavy atom. The van der Waals surface area contributed by atoms with Crippen LogP contribution in [0, 0.1) is 17.7 Å². The molecule has 3 aliphatic rings. The summed E-state index contributed by atoms with van der Waals surface area (Å²) >= 11 is 12.5. The number of carbonyl (C=O) groups is 2. The Hall–Kier alpha value is -2.23. The average Bonchev–Trinajstić information content (AvgIpc) is 3.44. The van der Waals surface area contributed by atoms with Crippen LogP contribution in [0.4, 0.5) is 10.1 Å². The third-order valence-electron chi connectivity index (χ3n) is 9.04. The third-order valence-corrected chi connectivity index (χ3v) is 9.78. The summed E-state index contributed by atoms with van der Waals surface area (Å²) in [6, 6.07) is 11.8. The summed E-state index contributed by atoms with van der Waals surface area (Å²) in [6.07, 6.45) is 5.22. The number of aliphatic hydroxyl groups is 1. The van der Waals surface area contributed by atoms with E-state index in [1.165, 1.54) is 17.7 Å². The van der Waals surface area contributed by atoms with Crippen molar-refractivity contribution in [1.29, 1.82) is 0 Å². The van der Waals surface area contributed by atoms with Gasteiger partial charge >= 0.3 is 0 Å². The van der Waals surface area contributed by atoms with Crippen LogP contribution < -0.4 is 10.2 Å². The Bertz CT molecular complexity index is 1220. The summed E-state index contributed by atoms with van der Waals surface area (Å²) in [5, 5.41) is 13.7. The van der Waals surface area contributed by atoms with Crippen LogP contribution in [0.2, 0.25) is 10.0 Å². The number of benzene rings is 2. The highest BCUT2D eigenvalue weighted by Crippen LogP contribution is 2.30. The van der Waals surface area contributed by atoms with E-state index in [2.05, 4.69) is 10.2 Å². The number of anilines is 1. The first-order chi connectivity index (χ1) is 20.3. The fourth-order valence-corrected chi connectivity index (χ4v) is 6.82. The number of hydrogen-bond acceptors (Lipinski definition) is 5. The number of likely N-dealkylation sites (tertiary alicyclic amines) is 2. The third kappa shape index (κ3) is 8.03. The minimum absolute atomic E-state index is 0.0141. The molecule has 5 rings (SSSR count). The molecule has 0 aliphatic carbocycles. The van der Waals surface area contributed by atoms with Crippen LogP contribution in [0.3, 0.4) is 0 Å². The number of aliphatic hydroxyl groups excluding tert-OH is 1. The fourth-order valence-electron chi connectivity index (χ4n) is 6.53. The van der Waals surface area contributed by atoms with E-state index >= 15 is 0 Å². The van der Waals surface area contributed by atoms with Gasteiger partial charge in [0.2, 0.25) is 11.8 Å². The summed E-state index contributed by atoms with van der Waals surface area (Å²) < 4.78 is 13.2. The van der Waals surface area contributed by atoms with Crippen molar-refractivity contribution >= 4 is 40.7 Å². The predicted octanol–water partition coefficient (Wildman–Crippen LogP) is 4.77. The van der Waals surface area contributed by atoms with Crippen molar-refractivity contribution in [1.82, 2.24) is 15.1 Å². The molecule has 0 aromatic heterocycles. The Labute approximate surface area is 257 Å². The van der Waals surface area contributed by atoms with Gasteiger partial charge in [-0.05, 0) is 106 Å². The highest BCUT2D eigenvalue weighted by atomic mass is 35.5. The minimum Gasteiger partial charge on any atom is -0.392 e. The molecule has 3 aliphatic heterocycles. The molecule has 0 saturated carbocycles. The monoisotopic (exact) mass is 618 g/mol. The Balaban J connectivity index is 1.13. The molecule has 0 radical (unpaired) electrons. The zero-order chi connectivity index (χ0) is 29.6. The van der Waals surface area contributed by atoms with Gasteiger partial charge in [-0.1, -0.05) is 35.3 Å². The van der Waals surface area contributed by atoms with E-state index in [0.29, 0.717) is 61.4 Å². The van der Waals surface area contributed by atoms with Crippen molar-refractivity contribution in [3.63, 3.8) is 0 Å². The van der Waals surface area contributed by atoms with Gasteiger partial charge in [-0.15, -0.1) is 0 Å². The second-order valence-corrected chi connectivity index (χ2v) is 12.8. The SMILES string of the molecule is O=C(C1CC(O)CN1)N1CCC(C(=O)N(CCCN2CCC(Cc3ccc(F)cc3)CC2)c2ccc(Cl)c(Cl)c2)CC1. The van der Waals surface area contributed by atoms with Gasteiger partial charge in [0.25, 0.3) is 0 Å². The Morgan fingerprint density at radius 1 is 0.976 bits per heavy atom. The number of piperidine rings is 2. The second-order valence-electron chi connectivity index (χ2n) is 12.0. The van der Waals surface area contributed by atoms with Crippen LogP contribution in [0.5, 0.6) is 0 Å². The summed E-state index contributed by atoms with van der Waals surface area (Å²) in [7, 11) is 0. The first-order valence-electron chi connectivity index (χ1n) is 15.2. The van der Waals surface area contributed by atoms with Crippen LogP contribution in [-0.4, -0.2) is 84.7 Å². The first-order valence-corrected chi connectivity index (χ1v) is 16.0. The van der Waals surface area contributed by atoms with Gasteiger partial charge in [0, 0.05) is 37.8 Å². The van der Waals surface area contributed by atoms with E-state index in [4.69, 9.17) is 23.2 Å². The van der Waals surface area contributed by atoms with E-state index in [1.54, 1.807) is 12.1 Å². The van der Waals surface area contributed by atoms with Crippen molar-refractivity contribution in [3.05, 3.63) is 63.9 Å². The molecule has 2 N–H and O–H groups in total. The smallest absolute Gasteiger partial charge is 0.239 e. The van der Waals surface area contributed by atoms with Crippen molar-refractivity contribution in [2.75, 3.05) is 50.7 Å². The van der Waals surface area contributed by atoms with Gasteiger partial charge in [-0.3, -0.25) is 9.59 Å². The fraction of sp³-hybridized carbons (Fsp3) is 0.562. The van der Waals surface area contributed by atoms with Crippen LogP contribution in [0.15, 0.2) is 42.5 Å². The first kappa shape index (κ1) is 31.2. The number of hydrogen-bond donors (Lipinski definition) is 2. The largest absolute Gasteiger partial charge is 0.392 e. The van der Waals surface area contributed by atoms with Gasteiger partial charge < -0.3 is 25.1 Å². The number of nitrogens with zero attached hydrogens (tertiary/aromatic N) is 3. The van der Waals surface area contributed by atoms with Crippen molar-refractivity contribution in [2.24, 2.45) is 11.8 Å². The number of carbonyl (C=O) groups excluding carboxylic acids is 2. The van der Waals surface area contributed by atoms with Crippen LogP contribution in [0.25, 0.3) is 0 Å². The lowest BCUT2D eigenvalue weighted by Gasteiger charge is -2.36. The molecule has 42 heavy (non-hydrogen) atoms. The highest BCUT2D eigenvalue weighted by molar-refractivity contribution is 6.42. The average molecular weight is 620 g/mol. The molecule has 2 atom stereocenters. The zero-order valence-corrected chi connectivity index (χ0v) is 25.5. The maximum Gasteiger partial charge on any atom is 0.239 e. The molecule has 0 spiro atoms. The molecule has 2 unspecified atom stereocenters. The summed E-state index contributed by atoms with van der Waals surface area (Å²) in [4.78, 5) is 32.9. The topological polar surface area (TPSA) is 76.1 Å². The molecular formula is C32H41Cl2FN4O3. The second kappa shape index (κ2) is 14.5. The lowest BCUT2D eigenvalue weighted by molar-refractivity contribution is -0.136. The molecular weight excluding hydrogens is 578 g/mol. The minimum atomic E-state index is -0.481. The molecule has 3 saturated heterocycles. The van der Waals surface area contributed by atoms with Crippen LogP contribution in [-0.2, 0) is 16.0 Å². The van der Waals surface area contributed by atoms with Gasteiger partial charge in [0.05, 0.1) is 22.2 Å². The lowest BCUT2D eigenvalue weighted by atomic mass is 9.90. The van der Waals surface area contributed by atoms with Gasteiger partial charge in [-0.25, -0.2) is 4.39 Å². The maximum absolute atomic E-state index is 13.9. The number of halogens is 3. The van der Waals surface area contributed by atoms with Gasteiger partial charge in [0.1, 0.15) is 5.82 Å². The summed E-state index contributed by atoms with van der Waals surface area (Å²) in [6.45, 7) is 5.03. The molecule has 228 valence electrons. The number of rotatable bonds is 9. The lowest BCUT2D eigenvalue weighted by Crippen LogP contribution is -2.49. The molecule has 3 heterocycles. The quantitative estimate of drug-likeness (QED) is 0.423. The number of β-amino-alcohol motifs (C(OH)–C–C–N with tert-alkyl or cyclic N) is 1. The summed E-state index contributed by atoms with van der Waals surface area (Å²) in [5.41, 5.74) is 1.94. The zero-order valence-electron chi connectivity index (χ0n) is 24.0. The van der Waals surface area contributed by atoms with E-state index in [1.807, 2.05) is 28.0 Å². The highest BCUT2D eigenvalue weighted by Gasteiger charge is 2.35. The van der Waals surface area contributed by atoms with Crippen LogP contribution >= 0.6 is 23.2 Å². The van der Waals surface area contributed by atoms with E-state index in [9.17, 15) is 19.1 Å². The number of amides is 2. The van der Waals surface area contributed by atoms with E-state index in [0.717, 1.165) is 51.0 Å². The Kier molecular flexibility index (Phi) is 10.8. The molecule has 2 aromatic rings. The van der Waals surface area contributed by atoms with Crippen LogP contribution in [0.1, 0.15) is 44.1 Å². The number of nitrogens with one attached hydrogen (secondary N) is 1. The standard InChI is InChI=1S/C32H41Cl2FN4O3/c33-28-7-6-26(19-29(28)34)39(31(41)24-10-16-38(17-11-24)32(42)30-20-27(40)21-36-30)13-1-12-37-14-8-23(9-15-37)18-22-2-4-25(35)5-3-22/h2-7,19,23-24,27,30,36,40H,1,8-18,20-21H2. The predicted molar refractivity (Wildman–Crippen MR) is 164 cm³/mol. The molecule has 10 heteroatoms. The van der Waals surface area contributed by atoms with Crippen molar-refractivity contribution in [2.45, 2.75) is 57.1 Å². The van der Waals surface area contributed by atoms with E-state index in [-0.39, 0.29) is 29.6 Å². The molecule has 2 aromatic carbocycles. The van der Waals surface area contributed by atoms with Gasteiger partial charge in [-0.2, -0.15) is 0 Å². The van der Waals surface area contributed by atoms with E-state index < -0.39 is 6.10 Å². The van der Waals surface area contributed by atoms with Crippen molar-refractivity contribution < 1.29 is 19.1 Å². The summed E-state index contributed by atoms with van der Waals surface area (Å²) in [5.74, 6) is 0.315. The molecule has 2 amide bonds. The molecule has 3 fully saturated rings.